The smallest absolute Gasteiger partial charge is 0.255 e. The van der Waals surface area contributed by atoms with E-state index in [-0.39, 0.29) is 6.61 Å². The minimum Gasteiger partial charge on any atom is -0.482 e. The SMILES string of the molecule is NC(=O)COc1ccc(CNc2ccc(Br)c(Cl)c2)cc1Cl. The number of rotatable bonds is 6. The van der Waals surface area contributed by atoms with E-state index in [0.29, 0.717) is 22.3 Å². The van der Waals surface area contributed by atoms with Crippen LogP contribution < -0.4 is 15.8 Å². The highest BCUT2D eigenvalue weighted by molar-refractivity contribution is 9.10. The summed E-state index contributed by atoms with van der Waals surface area (Å²) in [7, 11) is 0. The fraction of sp³-hybridized carbons (Fsp3) is 0.133. The first-order valence-electron chi connectivity index (χ1n) is 6.34. The van der Waals surface area contributed by atoms with Crippen molar-refractivity contribution in [3.8, 4) is 5.75 Å². The Morgan fingerprint density at radius 3 is 2.59 bits per heavy atom. The van der Waals surface area contributed by atoms with Crippen molar-refractivity contribution in [2.75, 3.05) is 11.9 Å². The van der Waals surface area contributed by atoms with Crippen LogP contribution in [0.4, 0.5) is 5.69 Å². The van der Waals surface area contributed by atoms with Crippen LogP contribution in [0, 0.1) is 0 Å². The summed E-state index contributed by atoms with van der Waals surface area (Å²) < 4.78 is 6.04. The number of hydrogen-bond donors (Lipinski definition) is 2. The van der Waals surface area contributed by atoms with Crippen molar-refractivity contribution in [2.45, 2.75) is 6.54 Å². The molecule has 0 saturated heterocycles. The summed E-state index contributed by atoms with van der Waals surface area (Å²) in [6, 6.07) is 11.0. The Bertz CT molecular complexity index is 695. The summed E-state index contributed by atoms with van der Waals surface area (Å²) in [5.74, 6) is -0.121. The molecule has 4 nitrogen and oxygen atoms in total. The predicted octanol–water partition coefficient (Wildman–Crippen LogP) is 4.23. The van der Waals surface area contributed by atoms with Gasteiger partial charge in [0, 0.05) is 16.7 Å². The first-order chi connectivity index (χ1) is 10.5. The Morgan fingerprint density at radius 1 is 1.18 bits per heavy atom. The Kier molecular flexibility index (Phi) is 5.94. The minimum atomic E-state index is -0.547. The lowest BCUT2D eigenvalue weighted by atomic mass is 10.2. The summed E-state index contributed by atoms with van der Waals surface area (Å²) in [5, 5.41) is 4.31. The number of halogens is 3. The van der Waals surface area contributed by atoms with Crippen LogP contribution >= 0.6 is 39.1 Å². The largest absolute Gasteiger partial charge is 0.482 e. The van der Waals surface area contributed by atoms with E-state index < -0.39 is 5.91 Å². The highest BCUT2D eigenvalue weighted by Crippen LogP contribution is 2.27. The summed E-state index contributed by atoms with van der Waals surface area (Å²) in [4.78, 5) is 10.7. The molecule has 0 unspecified atom stereocenters. The van der Waals surface area contributed by atoms with Gasteiger partial charge in [-0.1, -0.05) is 29.3 Å². The minimum absolute atomic E-state index is 0.200. The number of amides is 1. The number of nitrogens with one attached hydrogen (secondary N) is 1. The second-order valence-electron chi connectivity index (χ2n) is 4.50. The molecule has 2 rings (SSSR count). The van der Waals surface area contributed by atoms with Crippen molar-refractivity contribution in [3.05, 3.63) is 56.5 Å². The summed E-state index contributed by atoms with van der Waals surface area (Å²) >= 11 is 15.5. The highest BCUT2D eigenvalue weighted by atomic mass is 79.9. The van der Waals surface area contributed by atoms with Gasteiger partial charge in [0.15, 0.2) is 6.61 Å². The van der Waals surface area contributed by atoms with Crippen molar-refractivity contribution in [1.29, 1.82) is 0 Å². The van der Waals surface area contributed by atoms with E-state index in [1.807, 2.05) is 24.3 Å². The van der Waals surface area contributed by atoms with Gasteiger partial charge in [0.1, 0.15) is 5.75 Å². The first kappa shape index (κ1) is 16.9. The Morgan fingerprint density at radius 2 is 1.95 bits per heavy atom. The number of benzene rings is 2. The number of nitrogens with two attached hydrogens (primary N) is 1. The molecule has 3 N–H and O–H groups in total. The van der Waals surface area contributed by atoms with Gasteiger partial charge in [-0.25, -0.2) is 0 Å². The van der Waals surface area contributed by atoms with Crippen LogP contribution in [0.25, 0.3) is 0 Å². The van der Waals surface area contributed by atoms with Crippen molar-refractivity contribution in [3.63, 3.8) is 0 Å². The molecule has 0 aliphatic rings. The predicted molar refractivity (Wildman–Crippen MR) is 92.6 cm³/mol. The molecule has 0 spiro atoms. The van der Waals surface area contributed by atoms with Crippen LogP contribution in [-0.4, -0.2) is 12.5 Å². The molecule has 116 valence electrons. The average Bonchev–Trinajstić information content (AvgIpc) is 2.47. The lowest BCUT2D eigenvalue weighted by molar-refractivity contribution is -0.119. The summed E-state index contributed by atoms with van der Waals surface area (Å²) in [5.41, 5.74) is 6.89. The van der Waals surface area contributed by atoms with Crippen LogP contribution in [0.15, 0.2) is 40.9 Å². The second kappa shape index (κ2) is 7.72. The van der Waals surface area contributed by atoms with E-state index in [9.17, 15) is 4.79 Å². The molecule has 0 heterocycles. The summed E-state index contributed by atoms with van der Waals surface area (Å²) in [6.45, 7) is 0.377. The zero-order valence-corrected chi connectivity index (χ0v) is 14.5. The van der Waals surface area contributed by atoms with Gasteiger partial charge in [-0.3, -0.25) is 4.79 Å². The maximum Gasteiger partial charge on any atom is 0.255 e. The molecule has 0 saturated carbocycles. The molecular weight excluding hydrogens is 391 g/mol. The van der Waals surface area contributed by atoms with Gasteiger partial charge >= 0.3 is 0 Å². The molecule has 0 fully saturated rings. The second-order valence-corrected chi connectivity index (χ2v) is 6.17. The fourth-order valence-electron chi connectivity index (χ4n) is 1.73. The molecule has 7 heteroatoms. The standard InChI is InChI=1S/C15H13BrCl2N2O2/c16-11-3-2-10(6-12(11)17)20-7-9-1-4-14(13(18)5-9)22-8-15(19)21/h1-6,20H,7-8H2,(H2,19,21). The third-order valence-electron chi connectivity index (χ3n) is 2.78. The quantitative estimate of drug-likeness (QED) is 0.758. The maximum atomic E-state index is 10.7. The van der Waals surface area contributed by atoms with Gasteiger partial charge in [0.25, 0.3) is 5.91 Å². The van der Waals surface area contributed by atoms with E-state index in [0.717, 1.165) is 15.7 Å². The number of carbonyl (C=O) groups excluding carboxylic acids is 1. The molecule has 1 amide bonds. The van der Waals surface area contributed by atoms with E-state index >= 15 is 0 Å². The molecular formula is C15H13BrCl2N2O2. The van der Waals surface area contributed by atoms with E-state index in [4.69, 9.17) is 33.7 Å². The van der Waals surface area contributed by atoms with Gasteiger partial charge in [0.05, 0.1) is 10.0 Å². The number of hydrogen-bond acceptors (Lipinski definition) is 3. The van der Waals surface area contributed by atoms with Crippen LogP contribution in [0.2, 0.25) is 10.0 Å². The van der Waals surface area contributed by atoms with E-state index in [1.54, 1.807) is 12.1 Å². The number of carbonyl (C=O) groups is 1. The van der Waals surface area contributed by atoms with Gasteiger partial charge in [0.2, 0.25) is 0 Å². The third-order valence-corrected chi connectivity index (χ3v) is 4.31. The van der Waals surface area contributed by atoms with E-state index in [2.05, 4.69) is 21.2 Å². The zero-order chi connectivity index (χ0) is 16.1. The topological polar surface area (TPSA) is 64.4 Å². The Labute approximate surface area is 146 Å². The molecule has 2 aromatic rings. The Hall–Kier alpha value is -1.43. The van der Waals surface area contributed by atoms with E-state index in [1.165, 1.54) is 0 Å². The zero-order valence-electron chi connectivity index (χ0n) is 11.4. The molecule has 0 aliphatic carbocycles. The first-order valence-corrected chi connectivity index (χ1v) is 7.89. The van der Waals surface area contributed by atoms with Crippen LogP contribution in [0.3, 0.4) is 0 Å². The fourth-order valence-corrected chi connectivity index (χ4v) is 2.42. The molecule has 0 bridgehead atoms. The molecule has 22 heavy (non-hydrogen) atoms. The van der Waals surface area contributed by atoms with Crippen molar-refractivity contribution >= 4 is 50.7 Å². The van der Waals surface area contributed by atoms with Gasteiger partial charge in [-0.05, 0) is 51.8 Å². The number of anilines is 1. The average molecular weight is 404 g/mol. The maximum absolute atomic E-state index is 10.7. The van der Waals surface area contributed by atoms with Crippen molar-refractivity contribution < 1.29 is 9.53 Å². The molecule has 0 radical (unpaired) electrons. The number of ether oxygens (including phenoxy) is 1. The highest BCUT2D eigenvalue weighted by Gasteiger charge is 2.05. The lowest BCUT2D eigenvalue weighted by Gasteiger charge is -2.10. The molecule has 0 atom stereocenters. The third kappa shape index (κ3) is 4.80. The number of primary amides is 1. The molecule has 0 aliphatic heterocycles. The molecule has 0 aromatic heterocycles. The van der Waals surface area contributed by atoms with Crippen LogP contribution in [-0.2, 0) is 11.3 Å². The Balaban J connectivity index is 1.99. The van der Waals surface area contributed by atoms with Gasteiger partial charge < -0.3 is 15.8 Å². The van der Waals surface area contributed by atoms with Gasteiger partial charge in [-0.2, -0.15) is 0 Å². The van der Waals surface area contributed by atoms with Crippen molar-refractivity contribution in [1.82, 2.24) is 0 Å². The normalized spacial score (nSPS) is 10.3. The lowest BCUT2D eigenvalue weighted by Crippen LogP contribution is -2.20. The van der Waals surface area contributed by atoms with Gasteiger partial charge in [-0.15, -0.1) is 0 Å². The monoisotopic (exact) mass is 402 g/mol. The van der Waals surface area contributed by atoms with Crippen molar-refractivity contribution in [2.24, 2.45) is 5.73 Å². The summed E-state index contributed by atoms with van der Waals surface area (Å²) in [6.07, 6.45) is 0. The van der Waals surface area contributed by atoms with Crippen LogP contribution in [0.1, 0.15) is 5.56 Å². The van der Waals surface area contributed by atoms with Crippen LogP contribution in [0.5, 0.6) is 5.75 Å². The molecule has 2 aromatic carbocycles.